The minimum absolute atomic E-state index is 0.148. The number of ether oxygens (including phenoxy) is 1. The molecule has 0 saturated heterocycles. The van der Waals surface area contributed by atoms with Gasteiger partial charge in [0.1, 0.15) is 6.33 Å². The second-order valence-corrected chi connectivity index (χ2v) is 6.14. The maximum Gasteiger partial charge on any atom is 0.238 e. The Kier molecular flexibility index (Phi) is 5.86. The molecule has 0 saturated carbocycles. The number of hydrogen-bond donors (Lipinski definition) is 1. The summed E-state index contributed by atoms with van der Waals surface area (Å²) in [5, 5.41) is 14.8. The largest absolute Gasteiger partial charge is 0.389 e. The maximum absolute atomic E-state index is 11.2. The second-order valence-electron chi connectivity index (χ2n) is 4.46. The van der Waals surface area contributed by atoms with Gasteiger partial charge < -0.3 is 9.84 Å². The zero-order valence-corrected chi connectivity index (χ0v) is 13.0. The molecule has 2 rings (SSSR count). The van der Waals surface area contributed by atoms with Crippen molar-refractivity contribution >= 4 is 22.4 Å². The van der Waals surface area contributed by atoms with Crippen LogP contribution in [0, 0.1) is 0 Å². The molecule has 1 heterocycles. The Morgan fingerprint density at radius 3 is 2.90 bits per heavy atom. The second kappa shape index (κ2) is 7.65. The smallest absolute Gasteiger partial charge is 0.238 e. The number of aliphatic hydroxyl groups excluding tert-OH is 1. The molecule has 2 aromatic rings. The lowest BCUT2D eigenvalue weighted by Crippen LogP contribution is -2.22. The predicted octanol–water partition coefficient (Wildman–Crippen LogP) is 1.25. The van der Waals surface area contributed by atoms with Gasteiger partial charge in [0.15, 0.2) is 0 Å². The molecular formula is C13H16ClN3O3S. The molecule has 0 amide bonds. The van der Waals surface area contributed by atoms with E-state index in [9.17, 15) is 9.32 Å². The number of hydrogen-bond acceptors (Lipinski definition) is 5. The van der Waals surface area contributed by atoms with Crippen LogP contribution in [-0.2, 0) is 28.7 Å². The Hall–Kier alpha value is -1.28. The lowest BCUT2D eigenvalue weighted by Gasteiger charge is -2.11. The fourth-order valence-electron chi connectivity index (χ4n) is 1.69. The van der Waals surface area contributed by atoms with E-state index in [1.807, 2.05) is 18.2 Å². The molecule has 0 aliphatic carbocycles. The van der Waals surface area contributed by atoms with Crippen LogP contribution in [0.25, 0.3) is 0 Å². The van der Waals surface area contributed by atoms with Gasteiger partial charge in [-0.25, -0.2) is 9.67 Å². The van der Waals surface area contributed by atoms with Crippen LogP contribution in [0.4, 0.5) is 0 Å². The average molecular weight is 330 g/mol. The highest BCUT2D eigenvalue weighted by Gasteiger charge is 2.10. The van der Waals surface area contributed by atoms with Gasteiger partial charge in [-0.15, -0.1) is 5.10 Å². The highest BCUT2D eigenvalue weighted by Crippen LogP contribution is 2.15. The van der Waals surface area contributed by atoms with Crippen LogP contribution in [0.3, 0.4) is 0 Å². The van der Waals surface area contributed by atoms with E-state index in [-0.39, 0.29) is 18.3 Å². The first kappa shape index (κ1) is 16.1. The Balaban J connectivity index is 1.78. The van der Waals surface area contributed by atoms with Crippen molar-refractivity contribution in [3.05, 3.63) is 41.2 Å². The Bertz CT molecular complexity index is 620. The lowest BCUT2D eigenvalue weighted by atomic mass is 10.2. The first-order valence-electron chi connectivity index (χ1n) is 6.28. The summed E-state index contributed by atoms with van der Waals surface area (Å²) in [6.07, 6.45) is 2.21. The molecule has 0 aliphatic heterocycles. The number of halogens is 1. The van der Waals surface area contributed by atoms with Crippen LogP contribution in [0.15, 0.2) is 35.7 Å². The molecule has 0 unspecified atom stereocenters. The summed E-state index contributed by atoms with van der Waals surface area (Å²) in [4.78, 5) is 3.89. The van der Waals surface area contributed by atoms with Crippen molar-refractivity contribution in [2.24, 2.45) is 0 Å². The third-order valence-corrected chi connectivity index (χ3v) is 3.77. The molecular weight excluding hydrogens is 314 g/mol. The lowest BCUT2D eigenvalue weighted by molar-refractivity contribution is 0.0185. The molecule has 0 aliphatic rings. The normalized spacial score (nSPS) is 14.0. The molecule has 0 fully saturated rings. The molecule has 0 spiro atoms. The van der Waals surface area contributed by atoms with Gasteiger partial charge in [0, 0.05) is 11.3 Å². The quantitative estimate of drug-likeness (QED) is 0.827. The van der Waals surface area contributed by atoms with E-state index < -0.39 is 16.9 Å². The SMILES string of the molecule is C[S@@](=O)c1ncn(C[C@@H](O)COCc2ccccc2Cl)n1. The molecule has 0 radical (unpaired) electrons. The molecule has 0 bridgehead atoms. The fraction of sp³-hybridized carbons (Fsp3) is 0.385. The molecule has 6 nitrogen and oxygen atoms in total. The molecule has 1 aromatic heterocycles. The Labute approximate surface area is 130 Å². The van der Waals surface area contributed by atoms with Gasteiger partial charge in [0.2, 0.25) is 5.16 Å². The standard InChI is InChI=1S/C13H16ClN3O3S/c1-21(19)13-15-9-17(16-13)6-11(18)8-20-7-10-4-2-3-5-12(10)14/h2-5,9,11,18H,6-8H2,1H3/t11-,21-/m1/s1. The maximum atomic E-state index is 11.2. The van der Waals surface area contributed by atoms with E-state index in [0.29, 0.717) is 11.6 Å². The average Bonchev–Trinajstić information content (AvgIpc) is 2.89. The van der Waals surface area contributed by atoms with Crippen molar-refractivity contribution in [1.82, 2.24) is 14.8 Å². The first-order valence-corrected chi connectivity index (χ1v) is 8.22. The van der Waals surface area contributed by atoms with Gasteiger partial charge in [-0.05, 0) is 11.6 Å². The summed E-state index contributed by atoms with van der Waals surface area (Å²) in [5.74, 6) is 0. The van der Waals surface area contributed by atoms with Gasteiger partial charge in [-0.2, -0.15) is 0 Å². The van der Waals surface area contributed by atoms with Crippen LogP contribution < -0.4 is 0 Å². The van der Waals surface area contributed by atoms with E-state index in [2.05, 4.69) is 10.1 Å². The highest BCUT2D eigenvalue weighted by molar-refractivity contribution is 7.84. The Morgan fingerprint density at radius 2 is 2.24 bits per heavy atom. The van der Waals surface area contributed by atoms with Gasteiger partial charge in [0.25, 0.3) is 0 Å². The van der Waals surface area contributed by atoms with Gasteiger partial charge >= 0.3 is 0 Å². The molecule has 114 valence electrons. The number of rotatable bonds is 7. The summed E-state index contributed by atoms with van der Waals surface area (Å²) in [5.41, 5.74) is 0.871. The summed E-state index contributed by atoms with van der Waals surface area (Å²) in [6.45, 7) is 0.709. The van der Waals surface area contributed by atoms with Crippen LogP contribution >= 0.6 is 11.6 Å². The number of aromatic nitrogens is 3. The van der Waals surface area contributed by atoms with Crippen molar-refractivity contribution in [2.75, 3.05) is 12.9 Å². The van der Waals surface area contributed by atoms with Crippen molar-refractivity contribution in [1.29, 1.82) is 0 Å². The van der Waals surface area contributed by atoms with E-state index >= 15 is 0 Å². The topological polar surface area (TPSA) is 77.2 Å². The summed E-state index contributed by atoms with van der Waals surface area (Å²) < 4.78 is 18.1. The molecule has 1 N–H and O–H groups in total. The third-order valence-electron chi connectivity index (χ3n) is 2.70. The molecule has 2 atom stereocenters. The highest BCUT2D eigenvalue weighted by atomic mass is 35.5. The van der Waals surface area contributed by atoms with Gasteiger partial charge in [-0.3, -0.25) is 4.21 Å². The zero-order valence-electron chi connectivity index (χ0n) is 11.5. The third kappa shape index (κ3) is 4.89. The summed E-state index contributed by atoms with van der Waals surface area (Å²) in [7, 11) is -1.23. The van der Waals surface area contributed by atoms with Crippen molar-refractivity contribution in [2.45, 2.75) is 24.4 Å². The van der Waals surface area contributed by atoms with Crippen molar-refractivity contribution < 1.29 is 14.1 Å². The van der Waals surface area contributed by atoms with E-state index in [1.54, 1.807) is 6.07 Å². The van der Waals surface area contributed by atoms with Crippen LogP contribution in [0.5, 0.6) is 0 Å². The number of benzene rings is 1. The molecule has 1 aromatic carbocycles. The van der Waals surface area contributed by atoms with E-state index in [0.717, 1.165) is 5.56 Å². The fourth-order valence-corrected chi connectivity index (χ4v) is 2.29. The van der Waals surface area contributed by atoms with Gasteiger partial charge in [-0.1, -0.05) is 29.8 Å². The first-order chi connectivity index (χ1) is 10.1. The van der Waals surface area contributed by atoms with Crippen molar-refractivity contribution in [3.8, 4) is 0 Å². The molecule has 21 heavy (non-hydrogen) atoms. The van der Waals surface area contributed by atoms with E-state index in [1.165, 1.54) is 17.3 Å². The van der Waals surface area contributed by atoms with Gasteiger partial charge in [0.05, 0.1) is 36.7 Å². The number of aliphatic hydroxyl groups is 1. The van der Waals surface area contributed by atoms with Crippen LogP contribution in [0.2, 0.25) is 5.02 Å². The minimum Gasteiger partial charge on any atom is -0.389 e. The van der Waals surface area contributed by atoms with Crippen LogP contribution in [0.1, 0.15) is 5.56 Å². The predicted molar refractivity (Wildman–Crippen MR) is 79.5 cm³/mol. The molecule has 8 heteroatoms. The minimum atomic E-state index is -1.23. The summed E-state index contributed by atoms with van der Waals surface area (Å²) >= 11 is 6.01. The number of nitrogens with zero attached hydrogens (tertiary/aromatic N) is 3. The summed E-state index contributed by atoms with van der Waals surface area (Å²) in [6, 6.07) is 7.39. The van der Waals surface area contributed by atoms with Crippen molar-refractivity contribution in [3.63, 3.8) is 0 Å². The zero-order chi connectivity index (χ0) is 15.2. The monoisotopic (exact) mass is 329 g/mol. The van der Waals surface area contributed by atoms with Crippen LogP contribution in [-0.4, -0.2) is 43.0 Å². The van der Waals surface area contributed by atoms with E-state index in [4.69, 9.17) is 16.3 Å². The Morgan fingerprint density at radius 1 is 1.48 bits per heavy atom.